The molecule has 1 aromatic carbocycles. The first-order valence-electron chi connectivity index (χ1n) is 8.45. The van der Waals surface area contributed by atoms with Crippen molar-refractivity contribution in [2.45, 2.75) is 25.3 Å². The maximum absolute atomic E-state index is 14.2. The van der Waals surface area contributed by atoms with Gasteiger partial charge in [-0.1, -0.05) is 17.7 Å². The van der Waals surface area contributed by atoms with Crippen LogP contribution in [-0.4, -0.2) is 28.6 Å². The summed E-state index contributed by atoms with van der Waals surface area (Å²) >= 11 is 5.85. The van der Waals surface area contributed by atoms with Crippen LogP contribution in [0.25, 0.3) is 11.3 Å². The molecule has 0 radical (unpaired) electrons. The molecule has 1 aliphatic carbocycles. The van der Waals surface area contributed by atoms with Crippen LogP contribution in [0, 0.1) is 17.7 Å². The monoisotopic (exact) mass is 361 g/mol. The van der Waals surface area contributed by atoms with Crippen molar-refractivity contribution in [2.24, 2.45) is 17.6 Å². The Morgan fingerprint density at radius 3 is 2.60 bits per heavy atom. The number of fused-ring (bicyclic) bond motifs is 1. The van der Waals surface area contributed by atoms with Crippen molar-refractivity contribution in [1.29, 1.82) is 0 Å². The smallest absolute Gasteiger partial charge is 0.152 e. The molecule has 1 saturated carbocycles. The fourth-order valence-electron chi connectivity index (χ4n) is 4.31. The molecule has 0 spiro atoms. The molecule has 2 aromatic rings. The molecule has 1 aliphatic heterocycles. The number of benzene rings is 1. The average Bonchev–Trinajstić information content (AvgIpc) is 3.04. The third kappa shape index (κ3) is 2.93. The zero-order valence-electron chi connectivity index (χ0n) is 14.0. The summed E-state index contributed by atoms with van der Waals surface area (Å²) in [5.74, 6) is 1.58. The Kier molecular flexibility index (Phi) is 3.85. The molecular formula is C18H21ClFN5. The first-order valence-corrected chi connectivity index (χ1v) is 8.82. The second kappa shape index (κ2) is 5.81. The van der Waals surface area contributed by atoms with E-state index in [1.807, 2.05) is 0 Å². The lowest BCUT2D eigenvalue weighted by molar-refractivity contribution is 0.449. The first kappa shape index (κ1) is 16.5. The minimum Gasteiger partial charge on any atom is -0.382 e. The zero-order valence-corrected chi connectivity index (χ0v) is 14.8. The quantitative estimate of drug-likeness (QED) is 0.859. The molecule has 2 fully saturated rings. The third-order valence-corrected chi connectivity index (χ3v) is 5.64. The predicted molar refractivity (Wildman–Crippen MR) is 97.9 cm³/mol. The normalized spacial score (nSPS) is 28.4. The standard InChI is InChI=1S/C18H21ClFN5/c1-18(22)5-10-8-25(9-11(10)6-18)14-7-23-16(17(21)24-14)12-3-2-4-13(19)15(12)20/h2-4,7,10-11H,5-6,8-9,22H2,1H3,(H2,21,24)/t10-,11+,18?. The second-order valence-corrected chi connectivity index (χ2v) is 7.96. The SMILES string of the molecule is CC1(N)C[C@H]2CN(c3cnc(-c4cccc(Cl)c4F)c(N)n3)C[C@H]2C1. The van der Waals surface area contributed by atoms with Crippen LogP contribution in [-0.2, 0) is 0 Å². The molecule has 2 heterocycles. The van der Waals surface area contributed by atoms with Gasteiger partial charge in [0.25, 0.3) is 0 Å². The third-order valence-electron chi connectivity index (χ3n) is 5.35. The van der Waals surface area contributed by atoms with Gasteiger partial charge in [-0.3, -0.25) is 0 Å². The van der Waals surface area contributed by atoms with Crippen molar-refractivity contribution in [3.63, 3.8) is 0 Å². The fraction of sp³-hybridized carbons (Fsp3) is 0.444. The lowest BCUT2D eigenvalue weighted by atomic mass is 10.00. The number of anilines is 2. The number of hydrogen-bond donors (Lipinski definition) is 2. The lowest BCUT2D eigenvalue weighted by Crippen LogP contribution is -2.35. The lowest BCUT2D eigenvalue weighted by Gasteiger charge is -2.23. The fourth-order valence-corrected chi connectivity index (χ4v) is 4.48. The van der Waals surface area contributed by atoms with Gasteiger partial charge in [0.2, 0.25) is 0 Å². The Labute approximate surface area is 151 Å². The summed E-state index contributed by atoms with van der Waals surface area (Å²) in [6.07, 6.45) is 3.72. The van der Waals surface area contributed by atoms with E-state index >= 15 is 0 Å². The maximum atomic E-state index is 14.2. The van der Waals surface area contributed by atoms with Crippen LogP contribution >= 0.6 is 11.6 Å². The number of nitrogen functional groups attached to an aromatic ring is 1. The summed E-state index contributed by atoms with van der Waals surface area (Å²) in [6.45, 7) is 3.95. The summed E-state index contributed by atoms with van der Waals surface area (Å²) < 4.78 is 14.2. The van der Waals surface area contributed by atoms with Crippen LogP contribution in [0.15, 0.2) is 24.4 Å². The van der Waals surface area contributed by atoms with Crippen LogP contribution in [0.4, 0.5) is 16.0 Å². The van der Waals surface area contributed by atoms with E-state index in [0.717, 1.165) is 31.7 Å². The van der Waals surface area contributed by atoms with E-state index in [1.165, 1.54) is 6.07 Å². The number of nitrogens with two attached hydrogens (primary N) is 2. The maximum Gasteiger partial charge on any atom is 0.152 e. The molecule has 1 aromatic heterocycles. The number of rotatable bonds is 2. The highest BCUT2D eigenvalue weighted by atomic mass is 35.5. The van der Waals surface area contributed by atoms with E-state index in [0.29, 0.717) is 17.5 Å². The molecule has 5 nitrogen and oxygen atoms in total. The van der Waals surface area contributed by atoms with Gasteiger partial charge in [-0.05, 0) is 43.7 Å². The highest BCUT2D eigenvalue weighted by Gasteiger charge is 2.45. The summed E-state index contributed by atoms with van der Waals surface area (Å²) in [4.78, 5) is 11.0. The molecule has 3 atom stereocenters. The van der Waals surface area contributed by atoms with Crippen LogP contribution in [0.2, 0.25) is 5.02 Å². The topological polar surface area (TPSA) is 81.1 Å². The number of hydrogen-bond acceptors (Lipinski definition) is 5. The van der Waals surface area contributed by atoms with Crippen molar-refractivity contribution in [2.75, 3.05) is 23.7 Å². The molecule has 7 heteroatoms. The van der Waals surface area contributed by atoms with Crippen molar-refractivity contribution in [3.8, 4) is 11.3 Å². The molecule has 4 rings (SSSR count). The van der Waals surface area contributed by atoms with Crippen LogP contribution in [0.1, 0.15) is 19.8 Å². The van der Waals surface area contributed by atoms with Crippen molar-refractivity contribution in [3.05, 3.63) is 35.2 Å². The molecule has 1 saturated heterocycles. The van der Waals surface area contributed by atoms with Gasteiger partial charge in [0.1, 0.15) is 11.5 Å². The van der Waals surface area contributed by atoms with E-state index in [9.17, 15) is 4.39 Å². The Bertz CT molecular complexity index is 809. The van der Waals surface area contributed by atoms with Gasteiger partial charge >= 0.3 is 0 Å². The van der Waals surface area contributed by atoms with Crippen molar-refractivity contribution >= 4 is 23.2 Å². The van der Waals surface area contributed by atoms with E-state index < -0.39 is 5.82 Å². The summed E-state index contributed by atoms with van der Waals surface area (Å²) in [5.41, 5.74) is 12.9. The van der Waals surface area contributed by atoms with E-state index in [-0.39, 0.29) is 21.9 Å². The zero-order chi connectivity index (χ0) is 17.8. The molecule has 25 heavy (non-hydrogen) atoms. The molecule has 0 bridgehead atoms. The van der Waals surface area contributed by atoms with E-state index in [4.69, 9.17) is 23.1 Å². The Balaban J connectivity index is 1.58. The van der Waals surface area contributed by atoms with Gasteiger partial charge in [0.05, 0.1) is 11.2 Å². The number of aromatic nitrogens is 2. The molecular weight excluding hydrogens is 341 g/mol. The van der Waals surface area contributed by atoms with Crippen molar-refractivity contribution in [1.82, 2.24) is 9.97 Å². The van der Waals surface area contributed by atoms with Gasteiger partial charge < -0.3 is 16.4 Å². The molecule has 132 valence electrons. The summed E-state index contributed by atoms with van der Waals surface area (Å²) in [5, 5.41) is 0.0416. The number of nitrogens with zero attached hydrogens (tertiary/aromatic N) is 3. The van der Waals surface area contributed by atoms with Gasteiger partial charge in [-0.25, -0.2) is 14.4 Å². The Hall–Kier alpha value is -1.92. The number of halogens is 2. The second-order valence-electron chi connectivity index (χ2n) is 7.55. The summed E-state index contributed by atoms with van der Waals surface area (Å²) in [6, 6.07) is 4.76. The van der Waals surface area contributed by atoms with Gasteiger partial charge in [0.15, 0.2) is 11.6 Å². The Morgan fingerprint density at radius 2 is 1.96 bits per heavy atom. The van der Waals surface area contributed by atoms with Crippen LogP contribution in [0.3, 0.4) is 0 Å². The Morgan fingerprint density at radius 1 is 1.28 bits per heavy atom. The highest BCUT2D eigenvalue weighted by Crippen LogP contribution is 2.43. The molecule has 0 amide bonds. The minimum absolute atomic E-state index is 0.0416. The van der Waals surface area contributed by atoms with Gasteiger partial charge in [-0.15, -0.1) is 0 Å². The predicted octanol–water partition coefficient (Wildman–Crippen LogP) is 3.08. The average molecular weight is 362 g/mol. The first-order chi connectivity index (χ1) is 11.8. The van der Waals surface area contributed by atoms with Crippen LogP contribution < -0.4 is 16.4 Å². The van der Waals surface area contributed by atoms with Gasteiger partial charge in [0, 0.05) is 24.2 Å². The summed E-state index contributed by atoms with van der Waals surface area (Å²) in [7, 11) is 0. The molecule has 1 unspecified atom stereocenters. The van der Waals surface area contributed by atoms with Crippen molar-refractivity contribution < 1.29 is 4.39 Å². The molecule has 4 N–H and O–H groups in total. The van der Waals surface area contributed by atoms with Crippen LogP contribution in [0.5, 0.6) is 0 Å². The largest absolute Gasteiger partial charge is 0.382 e. The van der Waals surface area contributed by atoms with Gasteiger partial charge in [-0.2, -0.15) is 0 Å². The van der Waals surface area contributed by atoms with E-state index in [1.54, 1.807) is 18.3 Å². The minimum atomic E-state index is -0.532. The van der Waals surface area contributed by atoms with E-state index in [2.05, 4.69) is 21.8 Å². The molecule has 2 aliphatic rings. The highest BCUT2D eigenvalue weighted by molar-refractivity contribution is 6.31.